The van der Waals surface area contributed by atoms with E-state index in [1.165, 1.54) is 7.11 Å². The Kier molecular flexibility index (Phi) is 4.35. The van der Waals surface area contributed by atoms with Gasteiger partial charge in [-0.3, -0.25) is 0 Å². The first-order chi connectivity index (χ1) is 13.7. The molecule has 0 saturated carbocycles. The van der Waals surface area contributed by atoms with Crippen LogP contribution in [-0.2, 0) is 0 Å². The summed E-state index contributed by atoms with van der Waals surface area (Å²) in [5.41, 5.74) is 7.85. The van der Waals surface area contributed by atoms with E-state index in [2.05, 4.69) is 12.0 Å². The lowest BCUT2D eigenvalue weighted by Crippen LogP contribution is -2.21. The van der Waals surface area contributed by atoms with Crippen molar-refractivity contribution >= 4 is 0 Å². The predicted molar refractivity (Wildman–Crippen MR) is 99.2 cm³/mol. The highest BCUT2D eigenvalue weighted by Gasteiger charge is 2.33. The minimum atomic E-state index is -0.459. The number of nitrogens with zero attached hydrogens (tertiary/aromatic N) is 1. The van der Waals surface area contributed by atoms with Crippen LogP contribution in [0.4, 0.5) is 0 Å². The summed E-state index contributed by atoms with van der Waals surface area (Å²) in [6.45, 7) is 0.252. The van der Waals surface area contributed by atoms with Gasteiger partial charge < -0.3 is 29.4 Å². The molecular formula is C21H16N2O5. The first-order valence-electron chi connectivity index (χ1n) is 8.41. The van der Waals surface area contributed by atoms with Crippen LogP contribution in [-0.4, -0.2) is 20.5 Å². The van der Waals surface area contributed by atoms with Gasteiger partial charge in [0.05, 0.1) is 13.0 Å². The third-order valence-corrected chi connectivity index (χ3v) is 4.54. The van der Waals surface area contributed by atoms with Gasteiger partial charge in [-0.15, -0.1) is 6.42 Å². The summed E-state index contributed by atoms with van der Waals surface area (Å²) in [6, 6.07) is 11.1. The number of nitriles is 1. The molecule has 2 heterocycles. The fourth-order valence-corrected chi connectivity index (χ4v) is 3.29. The van der Waals surface area contributed by atoms with Crippen LogP contribution in [0.3, 0.4) is 0 Å². The fraction of sp³-hybridized carbons (Fsp3) is 0.190. The second-order valence-corrected chi connectivity index (χ2v) is 6.07. The van der Waals surface area contributed by atoms with Crippen LogP contribution in [0.2, 0.25) is 0 Å². The van der Waals surface area contributed by atoms with Crippen molar-refractivity contribution in [2.45, 2.75) is 5.92 Å². The normalized spacial score (nSPS) is 16.5. The van der Waals surface area contributed by atoms with Crippen molar-refractivity contribution in [3.8, 4) is 47.2 Å². The van der Waals surface area contributed by atoms with Crippen LogP contribution in [0.15, 0.2) is 41.8 Å². The van der Waals surface area contributed by atoms with Crippen molar-refractivity contribution in [1.82, 2.24) is 0 Å². The minimum Gasteiger partial charge on any atom is -0.493 e. The zero-order chi connectivity index (χ0) is 19.7. The van der Waals surface area contributed by atoms with Crippen LogP contribution >= 0.6 is 0 Å². The van der Waals surface area contributed by atoms with E-state index in [-0.39, 0.29) is 19.3 Å². The van der Waals surface area contributed by atoms with E-state index in [1.807, 2.05) is 6.07 Å². The fourth-order valence-electron chi connectivity index (χ4n) is 3.29. The van der Waals surface area contributed by atoms with E-state index in [1.54, 1.807) is 24.3 Å². The van der Waals surface area contributed by atoms with E-state index in [4.69, 9.17) is 35.8 Å². The lowest BCUT2D eigenvalue weighted by atomic mass is 9.83. The van der Waals surface area contributed by atoms with Crippen LogP contribution in [0.25, 0.3) is 0 Å². The van der Waals surface area contributed by atoms with Crippen LogP contribution < -0.4 is 29.4 Å². The second-order valence-electron chi connectivity index (χ2n) is 6.07. The molecular weight excluding hydrogens is 360 g/mol. The van der Waals surface area contributed by atoms with Crippen molar-refractivity contribution in [3.63, 3.8) is 0 Å². The molecule has 140 valence electrons. The number of terminal acetylenes is 1. The molecule has 2 aromatic carbocycles. The number of methoxy groups -OCH3 is 1. The number of benzene rings is 2. The third-order valence-electron chi connectivity index (χ3n) is 4.54. The number of hydrogen-bond acceptors (Lipinski definition) is 7. The largest absolute Gasteiger partial charge is 0.493 e. The highest BCUT2D eigenvalue weighted by atomic mass is 16.7. The summed E-state index contributed by atoms with van der Waals surface area (Å²) in [4.78, 5) is 0. The summed E-state index contributed by atoms with van der Waals surface area (Å²) < 4.78 is 27.5. The summed E-state index contributed by atoms with van der Waals surface area (Å²) in [6.07, 6.45) is 5.26. The molecule has 0 saturated heterocycles. The van der Waals surface area contributed by atoms with Gasteiger partial charge in [0, 0.05) is 11.6 Å². The van der Waals surface area contributed by atoms with Gasteiger partial charge in [-0.25, -0.2) is 0 Å². The van der Waals surface area contributed by atoms with Crippen molar-refractivity contribution in [2.24, 2.45) is 5.73 Å². The van der Waals surface area contributed by atoms with Crippen molar-refractivity contribution in [3.05, 3.63) is 52.9 Å². The molecule has 7 heteroatoms. The lowest BCUT2D eigenvalue weighted by molar-refractivity contribution is 0.174. The minimum absolute atomic E-state index is 0.0468. The standard InChI is InChI=1S/C21H16N2O5/c1-3-6-25-15-5-4-12(7-17(15)24-2)20-13-8-18-19(27-11-26-18)9-16(13)28-21(23)14(20)10-22/h1,4-5,7-9,20H,6,11,23H2,2H3/t20-/m0/s1. The highest BCUT2D eigenvalue weighted by molar-refractivity contribution is 5.62. The molecule has 2 N–H and O–H groups in total. The van der Waals surface area contributed by atoms with E-state index >= 15 is 0 Å². The average molecular weight is 376 g/mol. The van der Waals surface area contributed by atoms with E-state index in [9.17, 15) is 5.26 Å². The Bertz CT molecular complexity index is 1060. The molecule has 0 amide bonds. The maximum absolute atomic E-state index is 9.71. The molecule has 0 bridgehead atoms. The highest BCUT2D eigenvalue weighted by Crippen LogP contribution is 2.48. The van der Waals surface area contributed by atoms with Gasteiger partial charge in [-0.05, 0) is 23.8 Å². The number of ether oxygens (including phenoxy) is 5. The summed E-state index contributed by atoms with van der Waals surface area (Å²) in [5, 5.41) is 9.71. The number of nitrogens with two attached hydrogens (primary N) is 1. The second kappa shape index (κ2) is 6.98. The van der Waals surface area contributed by atoms with E-state index in [0.717, 1.165) is 11.1 Å². The molecule has 7 nitrogen and oxygen atoms in total. The number of allylic oxidation sites excluding steroid dienone is 1. The van der Waals surface area contributed by atoms with Crippen LogP contribution in [0, 0.1) is 23.7 Å². The molecule has 0 radical (unpaired) electrons. The Morgan fingerprint density at radius 2 is 1.96 bits per heavy atom. The zero-order valence-electron chi connectivity index (χ0n) is 15.0. The molecule has 0 unspecified atom stereocenters. The van der Waals surface area contributed by atoms with E-state index < -0.39 is 5.92 Å². The smallest absolute Gasteiger partial charge is 0.231 e. The molecule has 2 aliphatic heterocycles. The quantitative estimate of drug-likeness (QED) is 0.820. The molecule has 0 aromatic heterocycles. The summed E-state index contributed by atoms with van der Waals surface area (Å²) in [5.74, 6) is 4.68. The van der Waals surface area contributed by atoms with Gasteiger partial charge in [-0.1, -0.05) is 12.0 Å². The summed E-state index contributed by atoms with van der Waals surface area (Å²) >= 11 is 0. The molecule has 2 aliphatic rings. The predicted octanol–water partition coefficient (Wildman–Crippen LogP) is 2.65. The van der Waals surface area contributed by atoms with E-state index in [0.29, 0.717) is 34.3 Å². The van der Waals surface area contributed by atoms with Gasteiger partial charge in [0.1, 0.15) is 24.0 Å². The number of hydrogen-bond donors (Lipinski definition) is 1. The molecule has 1 atom stereocenters. The Morgan fingerprint density at radius 1 is 1.18 bits per heavy atom. The topological polar surface area (TPSA) is 96.0 Å². The average Bonchev–Trinajstić information content (AvgIpc) is 3.17. The van der Waals surface area contributed by atoms with Gasteiger partial charge in [0.25, 0.3) is 0 Å². The Labute approximate surface area is 161 Å². The monoisotopic (exact) mass is 376 g/mol. The maximum Gasteiger partial charge on any atom is 0.231 e. The first-order valence-corrected chi connectivity index (χ1v) is 8.41. The van der Waals surface area contributed by atoms with Crippen molar-refractivity contribution in [2.75, 3.05) is 20.5 Å². The van der Waals surface area contributed by atoms with Gasteiger partial charge in [0.15, 0.2) is 23.0 Å². The SMILES string of the molecule is C#CCOc1ccc([C@@H]2C(C#N)=C(N)Oc3cc4c(cc32)OCO4)cc1OC. The molecule has 2 aromatic rings. The molecule has 0 fully saturated rings. The molecule has 0 aliphatic carbocycles. The Balaban J connectivity index is 1.84. The van der Waals surface area contributed by atoms with Crippen LogP contribution in [0.1, 0.15) is 17.0 Å². The summed E-state index contributed by atoms with van der Waals surface area (Å²) in [7, 11) is 1.53. The van der Waals surface area contributed by atoms with Crippen LogP contribution in [0.5, 0.6) is 28.7 Å². The van der Waals surface area contributed by atoms with Gasteiger partial charge in [0.2, 0.25) is 12.7 Å². The molecule has 4 rings (SSSR count). The molecule has 0 spiro atoms. The maximum atomic E-state index is 9.71. The first kappa shape index (κ1) is 17.4. The van der Waals surface area contributed by atoms with Crippen molar-refractivity contribution in [1.29, 1.82) is 5.26 Å². The number of fused-ring (bicyclic) bond motifs is 2. The van der Waals surface area contributed by atoms with Gasteiger partial charge >= 0.3 is 0 Å². The van der Waals surface area contributed by atoms with Gasteiger partial charge in [-0.2, -0.15) is 5.26 Å². The van der Waals surface area contributed by atoms with Crippen molar-refractivity contribution < 1.29 is 23.7 Å². The Hall–Kier alpha value is -3.97. The third kappa shape index (κ3) is 2.80. The molecule has 28 heavy (non-hydrogen) atoms. The zero-order valence-corrected chi connectivity index (χ0v) is 15.0. The Morgan fingerprint density at radius 3 is 2.68 bits per heavy atom. The lowest BCUT2D eigenvalue weighted by Gasteiger charge is -2.27. The number of rotatable bonds is 4.